The standard InChI is InChI=1S/C29H31F4N7O3/c1-5-16-13-17(7-8-18(16)28(42)38-22(6-2)37-23(41)15-39(3)4)36-26-27-35-14-20(40(27)12-11-34-26)19-9-10-21(43-29(32)33)25(31)24(19)30/h7-14,22,29H,5-6,15H2,1-4H3,(H,34,36)(H,37,41)(H,38,42). The topological polar surface area (TPSA) is 113 Å². The number of benzene rings is 2. The van der Waals surface area contributed by atoms with E-state index in [4.69, 9.17) is 0 Å². The highest BCUT2D eigenvalue weighted by Gasteiger charge is 2.22. The molecule has 0 fully saturated rings. The molecular weight excluding hydrogens is 570 g/mol. The lowest BCUT2D eigenvalue weighted by Crippen LogP contribution is -2.49. The van der Waals surface area contributed by atoms with Crippen molar-refractivity contribution in [3.8, 4) is 17.0 Å². The molecule has 0 aliphatic heterocycles. The molecule has 14 heteroatoms. The molecule has 0 bridgehead atoms. The zero-order valence-corrected chi connectivity index (χ0v) is 23.9. The Morgan fingerprint density at radius 1 is 1.05 bits per heavy atom. The molecule has 1 atom stereocenters. The number of carbonyl (C=O) groups excluding carboxylic acids is 2. The molecule has 2 heterocycles. The first-order chi connectivity index (χ1) is 20.5. The number of fused-ring (bicyclic) bond motifs is 1. The van der Waals surface area contributed by atoms with Crippen LogP contribution in [0.1, 0.15) is 36.2 Å². The van der Waals surface area contributed by atoms with Crippen LogP contribution in [0.5, 0.6) is 5.75 Å². The van der Waals surface area contributed by atoms with Crippen LogP contribution in [0.25, 0.3) is 16.9 Å². The predicted molar refractivity (Wildman–Crippen MR) is 152 cm³/mol. The lowest BCUT2D eigenvalue weighted by atomic mass is 10.0. The highest BCUT2D eigenvalue weighted by atomic mass is 19.3. The number of nitrogens with one attached hydrogen (secondary N) is 3. The highest BCUT2D eigenvalue weighted by Crippen LogP contribution is 2.32. The second-order valence-corrected chi connectivity index (χ2v) is 9.82. The summed E-state index contributed by atoms with van der Waals surface area (Å²) in [6.07, 6.45) is 4.73. The van der Waals surface area contributed by atoms with Gasteiger partial charge in [0, 0.05) is 29.2 Å². The number of likely N-dealkylation sites (N-methyl/N-ethyl adjacent to an activating group) is 1. The van der Waals surface area contributed by atoms with E-state index in [1.54, 1.807) is 37.2 Å². The third kappa shape index (κ3) is 7.20. The minimum atomic E-state index is -3.30. The molecule has 0 aliphatic rings. The van der Waals surface area contributed by atoms with Crippen LogP contribution in [0.4, 0.5) is 29.1 Å². The van der Waals surface area contributed by atoms with Crippen molar-refractivity contribution in [2.75, 3.05) is 26.0 Å². The smallest absolute Gasteiger partial charge is 0.387 e. The average Bonchev–Trinajstić information content (AvgIpc) is 3.39. The molecular formula is C29H31F4N7O3. The van der Waals surface area contributed by atoms with Gasteiger partial charge in [-0.1, -0.05) is 13.8 Å². The number of aromatic nitrogens is 3. The number of imidazole rings is 1. The van der Waals surface area contributed by atoms with Crippen molar-refractivity contribution >= 4 is 29.0 Å². The molecule has 228 valence electrons. The number of ether oxygens (including phenoxy) is 1. The van der Waals surface area contributed by atoms with Gasteiger partial charge < -0.3 is 25.6 Å². The van der Waals surface area contributed by atoms with E-state index in [2.05, 4.69) is 30.7 Å². The van der Waals surface area contributed by atoms with Gasteiger partial charge in [0.25, 0.3) is 5.91 Å². The van der Waals surface area contributed by atoms with Crippen LogP contribution < -0.4 is 20.7 Å². The van der Waals surface area contributed by atoms with Crippen LogP contribution in [0.2, 0.25) is 0 Å². The Labute approximate surface area is 245 Å². The van der Waals surface area contributed by atoms with Gasteiger partial charge in [0.1, 0.15) is 6.17 Å². The zero-order valence-electron chi connectivity index (χ0n) is 23.9. The SMILES string of the molecule is CCc1cc(Nc2nccn3c(-c4ccc(OC(F)F)c(F)c4F)cnc23)ccc1C(=O)NC(CC)NC(=O)CN(C)C. The van der Waals surface area contributed by atoms with Crippen molar-refractivity contribution in [2.45, 2.75) is 39.5 Å². The van der Waals surface area contributed by atoms with E-state index in [1.807, 2.05) is 13.8 Å². The van der Waals surface area contributed by atoms with E-state index in [-0.39, 0.29) is 35.3 Å². The van der Waals surface area contributed by atoms with Crippen molar-refractivity contribution in [1.29, 1.82) is 0 Å². The Morgan fingerprint density at radius 3 is 2.49 bits per heavy atom. The number of amides is 2. The lowest BCUT2D eigenvalue weighted by Gasteiger charge is -2.21. The number of rotatable bonds is 12. The molecule has 4 aromatic rings. The minimum Gasteiger partial charge on any atom is -0.432 e. The second-order valence-electron chi connectivity index (χ2n) is 9.82. The number of carbonyl (C=O) groups is 2. The van der Waals surface area contributed by atoms with Gasteiger partial charge in [-0.25, -0.2) is 14.4 Å². The van der Waals surface area contributed by atoms with Gasteiger partial charge in [-0.05, 0) is 62.8 Å². The summed E-state index contributed by atoms with van der Waals surface area (Å²) in [4.78, 5) is 35.6. The van der Waals surface area contributed by atoms with Gasteiger partial charge >= 0.3 is 6.61 Å². The van der Waals surface area contributed by atoms with Crippen LogP contribution >= 0.6 is 0 Å². The summed E-state index contributed by atoms with van der Waals surface area (Å²) in [5, 5.41) is 8.81. The molecule has 0 aliphatic carbocycles. The molecule has 3 N–H and O–H groups in total. The molecule has 2 amide bonds. The molecule has 43 heavy (non-hydrogen) atoms. The van der Waals surface area contributed by atoms with Crippen molar-refractivity contribution < 1.29 is 31.9 Å². The molecule has 0 saturated heterocycles. The summed E-state index contributed by atoms with van der Waals surface area (Å²) in [7, 11) is 3.56. The molecule has 0 spiro atoms. The zero-order chi connectivity index (χ0) is 31.3. The van der Waals surface area contributed by atoms with Crippen LogP contribution in [-0.2, 0) is 11.2 Å². The maximum atomic E-state index is 14.8. The van der Waals surface area contributed by atoms with E-state index in [0.717, 1.165) is 17.7 Å². The minimum absolute atomic E-state index is 0.157. The van der Waals surface area contributed by atoms with Crippen LogP contribution in [-0.4, -0.2) is 64.5 Å². The van der Waals surface area contributed by atoms with E-state index in [0.29, 0.717) is 29.9 Å². The summed E-state index contributed by atoms with van der Waals surface area (Å²) < 4.78 is 59.8. The Hall–Kier alpha value is -4.72. The predicted octanol–water partition coefficient (Wildman–Crippen LogP) is 4.73. The van der Waals surface area contributed by atoms with Gasteiger partial charge in [0.2, 0.25) is 11.7 Å². The van der Waals surface area contributed by atoms with Gasteiger partial charge in [-0.15, -0.1) is 0 Å². The fourth-order valence-electron chi connectivity index (χ4n) is 4.45. The fourth-order valence-corrected chi connectivity index (χ4v) is 4.45. The van der Waals surface area contributed by atoms with Crippen LogP contribution in [0.3, 0.4) is 0 Å². The van der Waals surface area contributed by atoms with E-state index < -0.39 is 30.2 Å². The fraction of sp³-hybridized carbons (Fsp3) is 0.310. The maximum Gasteiger partial charge on any atom is 0.387 e. The molecule has 10 nitrogen and oxygen atoms in total. The number of nitrogens with zero attached hydrogens (tertiary/aromatic N) is 4. The summed E-state index contributed by atoms with van der Waals surface area (Å²) >= 11 is 0. The molecule has 0 radical (unpaired) electrons. The molecule has 2 aromatic carbocycles. The van der Waals surface area contributed by atoms with E-state index >= 15 is 0 Å². The number of halogens is 4. The Morgan fingerprint density at radius 2 is 1.81 bits per heavy atom. The average molecular weight is 602 g/mol. The van der Waals surface area contributed by atoms with Gasteiger partial charge in [-0.3, -0.25) is 14.0 Å². The third-order valence-corrected chi connectivity index (χ3v) is 6.47. The number of aryl methyl sites for hydroxylation is 1. The van der Waals surface area contributed by atoms with Gasteiger partial charge in [-0.2, -0.15) is 13.2 Å². The Bertz CT molecular complexity index is 1630. The third-order valence-electron chi connectivity index (χ3n) is 6.47. The number of hydrogen-bond donors (Lipinski definition) is 3. The number of anilines is 2. The number of alkyl halides is 2. The van der Waals surface area contributed by atoms with Crippen LogP contribution in [0, 0.1) is 11.6 Å². The first kappa shape index (κ1) is 31.2. The molecule has 2 aromatic heterocycles. The van der Waals surface area contributed by atoms with E-state index in [9.17, 15) is 27.2 Å². The first-order valence-corrected chi connectivity index (χ1v) is 13.4. The lowest BCUT2D eigenvalue weighted by molar-refractivity contribution is -0.122. The van der Waals surface area contributed by atoms with Crippen LogP contribution in [0.15, 0.2) is 48.9 Å². The van der Waals surface area contributed by atoms with Gasteiger partial charge in [0.05, 0.1) is 18.4 Å². The van der Waals surface area contributed by atoms with Crippen molar-refractivity contribution in [2.24, 2.45) is 0 Å². The molecule has 4 rings (SSSR count). The summed E-state index contributed by atoms with van der Waals surface area (Å²) in [6.45, 7) is 0.642. The normalized spacial score (nSPS) is 12.0. The Kier molecular flexibility index (Phi) is 9.80. The monoisotopic (exact) mass is 601 g/mol. The van der Waals surface area contributed by atoms with Crippen molar-refractivity contribution in [3.05, 3.63) is 71.7 Å². The summed E-state index contributed by atoms with van der Waals surface area (Å²) in [6, 6.07) is 7.17. The molecule has 1 unspecified atom stereocenters. The van der Waals surface area contributed by atoms with E-state index in [1.165, 1.54) is 23.0 Å². The summed E-state index contributed by atoms with van der Waals surface area (Å²) in [5.74, 6) is -4.06. The maximum absolute atomic E-state index is 14.8. The van der Waals surface area contributed by atoms with Gasteiger partial charge in [0.15, 0.2) is 23.0 Å². The van der Waals surface area contributed by atoms with Crippen molar-refractivity contribution in [3.63, 3.8) is 0 Å². The van der Waals surface area contributed by atoms with Crippen molar-refractivity contribution in [1.82, 2.24) is 29.9 Å². The number of hydrogen-bond acceptors (Lipinski definition) is 7. The quantitative estimate of drug-likeness (QED) is 0.159. The molecule has 0 saturated carbocycles. The second kappa shape index (κ2) is 13.5. The first-order valence-electron chi connectivity index (χ1n) is 13.4. The Balaban J connectivity index is 1.56. The highest BCUT2D eigenvalue weighted by molar-refractivity contribution is 5.96. The largest absolute Gasteiger partial charge is 0.432 e. The summed E-state index contributed by atoms with van der Waals surface area (Å²) in [5.41, 5.74) is 2.00.